The largest absolute Gasteiger partial charge is 0.341 e. The summed E-state index contributed by atoms with van der Waals surface area (Å²) in [6, 6.07) is 10.2. The Hall–Kier alpha value is -1.39. The molecule has 1 saturated heterocycles. The van der Waals surface area contributed by atoms with Crippen molar-refractivity contribution in [1.82, 2.24) is 9.80 Å². The van der Waals surface area contributed by atoms with Crippen LogP contribution < -0.4 is 5.73 Å². The second kappa shape index (κ2) is 8.30. The van der Waals surface area contributed by atoms with Gasteiger partial charge >= 0.3 is 0 Å². The fourth-order valence-corrected chi connectivity index (χ4v) is 3.26. The second-order valence-electron chi connectivity index (χ2n) is 6.39. The molecular weight excluding hydrogens is 274 g/mol. The predicted molar refractivity (Wildman–Crippen MR) is 90.3 cm³/mol. The minimum atomic E-state index is -0.399. The van der Waals surface area contributed by atoms with Crippen molar-refractivity contribution in [3.63, 3.8) is 0 Å². The van der Waals surface area contributed by atoms with Gasteiger partial charge in [-0.2, -0.15) is 0 Å². The van der Waals surface area contributed by atoms with Crippen molar-refractivity contribution in [1.29, 1.82) is 0 Å². The van der Waals surface area contributed by atoms with E-state index in [-0.39, 0.29) is 5.91 Å². The topological polar surface area (TPSA) is 49.6 Å². The third kappa shape index (κ3) is 4.82. The van der Waals surface area contributed by atoms with Crippen molar-refractivity contribution < 1.29 is 4.79 Å². The summed E-state index contributed by atoms with van der Waals surface area (Å²) >= 11 is 0. The standard InChI is InChI=1S/C18H29N3O/c1-3-21(18(22)15(2)19)14-17-10-7-11-20(13-17)12-16-8-5-4-6-9-16/h4-6,8-9,15,17H,3,7,10-14,19H2,1-2H3/t15-,17?/m0/s1. The van der Waals surface area contributed by atoms with Crippen LogP contribution in [0.2, 0.25) is 0 Å². The second-order valence-corrected chi connectivity index (χ2v) is 6.39. The van der Waals surface area contributed by atoms with Gasteiger partial charge in [0, 0.05) is 26.2 Å². The van der Waals surface area contributed by atoms with Crippen LogP contribution in [0.1, 0.15) is 32.3 Å². The lowest BCUT2D eigenvalue weighted by atomic mass is 9.96. The maximum Gasteiger partial charge on any atom is 0.239 e. The minimum Gasteiger partial charge on any atom is -0.341 e. The fraction of sp³-hybridized carbons (Fsp3) is 0.611. The number of nitrogens with zero attached hydrogens (tertiary/aromatic N) is 2. The van der Waals surface area contributed by atoms with Gasteiger partial charge in [-0.25, -0.2) is 0 Å². The van der Waals surface area contributed by atoms with Gasteiger partial charge in [-0.3, -0.25) is 9.69 Å². The molecule has 0 bridgehead atoms. The van der Waals surface area contributed by atoms with Crippen LogP contribution in [0.25, 0.3) is 0 Å². The average molecular weight is 303 g/mol. The van der Waals surface area contributed by atoms with Gasteiger partial charge in [-0.05, 0) is 44.7 Å². The van der Waals surface area contributed by atoms with Crippen LogP contribution in [-0.4, -0.2) is 47.9 Å². The van der Waals surface area contributed by atoms with E-state index in [4.69, 9.17) is 5.73 Å². The highest BCUT2D eigenvalue weighted by Crippen LogP contribution is 2.20. The summed E-state index contributed by atoms with van der Waals surface area (Å²) in [5, 5.41) is 0. The highest BCUT2D eigenvalue weighted by Gasteiger charge is 2.24. The molecule has 1 aromatic carbocycles. The van der Waals surface area contributed by atoms with Crippen LogP contribution in [-0.2, 0) is 11.3 Å². The zero-order valence-corrected chi connectivity index (χ0v) is 13.9. The number of piperidine rings is 1. The van der Waals surface area contributed by atoms with Gasteiger partial charge in [0.25, 0.3) is 0 Å². The van der Waals surface area contributed by atoms with Gasteiger partial charge in [0.1, 0.15) is 0 Å². The van der Waals surface area contributed by atoms with Crippen molar-refractivity contribution in [2.75, 3.05) is 26.2 Å². The van der Waals surface area contributed by atoms with E-state index < -0.39 is 6.04 Å². The molecule has 1 aliphatic rings. The first-order valence-corrected chi connectivity index (χ1v) is 8.40. The summed E-state index contributed by atoms with van der Waals surface area (Å²) in [5.74, 6) is 0.628. The summed E-state index contributed by atoms with van der Waals surface area (Å²) < 4.78 is 0. The molecule has 1 fully saturated rings. The molecule has 4 nitrogen and oxygen atoms in total. The lowest BCUT2D eigenvalue weighted by Crippen LogP contribution is -2.47. The monoisotopic (exact) mass is 303 g/mol. The predicted octanol–water partition coefficient (Wildman–Crippen LogP) is 2.09. The normalized spacial score (nSPS) is 20.6. The quantitative estimate of drug-likeness (QED) is 0.875. The Labute approximate surface area is 134 Å². The molecular formula is C18H29N3O. The number of nitrogens with two attached hydrogens (primary N) is 1. The minimum absolute atomic E-state index is 0.0719. The molecule has 1 amide bonds. The summed E-state index contributed by atoms with van der Waals surface area (Å²) in [4.78, 5) is 16.5. The number of likely N-dealkylation sites (tertiary alicyclic amines) is 1. The van der Waals surface area contributed by atoms with E-state index in [0.717, 1.165) is 32.7 Å². The van der Waals surface area contributed by atoms with Crippen molar-refractivity contribution in [2.24, 2.45) is 11.7 Å². The SMILES string of the molecule is CCN(CC1CCCN(Cc2ccccc2)C1)C(=O)[C@H](C)N. The van der Waals surface area contributed by atoms with E-state index >= 15 is 0 Å². The highest BCUT2D eigenvalue weighted by molar-refractivity contribution is 5.81. The van der Waals surface area contributed by atoms with Gasteiger partial charge in [0.15, 0.2) is 0 Å². The number of carbonyl (C=O) groups excluding carboxylic acids is 1. The molecule has 0 aliphatic carbocycles. The van der Waals surface area contributed by atoms with E-state index in [1.165, 1.54) is 18.4 Å². The summed E-state index contributed by atoms with van der Waals surface area (Å²) in [6.07, 6.45) is 2.41. The molecule has 0 radical (unpaired) electrons. The fourth-order valence-electron chi connectivity index (χ4n) is 3.26. The van der Waals surface area contributed by atoms with Gasteiger partial charge in [-0.15, -0.1) is 0 Å². The van der Waals surface area contributed by atoms with E-state index in [0.29, 0.717) is 5.92 Å². The summed E-state index contributed by atoms with van der Waals surface area (Å²) in [7, 11) is 0. The van der Waals surface area contributed by atoms with Gasteiger partial charge in [0.2, 0.25) is 5.91 Å². The molecule has 2 N–H and O–H groups in total. The number of hydrogen-bond donors (Lipinski definition) is 1. The van der Waals surface area contributed by atoms with Crippen LogP contribution in [0.3, 0.4) is 0 Å². The Morgan fingerprint density at radius 1 is 1.41 bits per heavy atom. The molecule has 1 heterocycles. The van der Waals surface area contributed by atoms with Crippen LogP contribution in [0, 0.1) is 5.92 Å². The van der Waals surface area contributed by atoms with Crippen LogP contribution in [0.15, 0.2) is 30.3 Å². The Bertz CT molecular complexity index is 461. The van der Waals surface area contributed by atoms with Gasteiger partial charge < -0.3 is 10.6 Å². The van der Waals surface area contributed by atoms with Crippen molar-refractivity contribution in [3.8, 4) is 0 Å². The lowest BCUT2D eigenvalue weighted by molar-refractivity contribution is -0.132. The first-order chi connectivity index (χ1) is 10.6. The maximum absolute atomic E-state index is 12.1. The molecule has 2 rings (SSSR count). The Kier molecular flexibility index (Phi) is 6.40. The van der Waals surface area contributed by atoms with Crippen molar-refractivity contribution in [3.05, 3.63) is 35.9 Å². The van der Waals surface area contributed by atoms with E-state index in [2.05, 4.69) is 35.2 Å². The molecule has 22 heavy (non-hydrogen) atoms. The first kappa shape index (κ1) is 17.0. The lowest BCUT2D eigenvalue weighted by Gasteiger charge is -2.36. The molecule has 4 heteroatoms. The average Bonchev–Trinajstić information content (AvgIpc) is 2.53. The zero-order valence-electron chi connectivity index (χ0n) is 13.9. The number of carbonyl (C=O) groups is 1. The van der Waals surface area contributed by atoms with Crippen molar-refractivity contribution >= 4 is 5.91 Å². The van der Waals surface area contributed by atoms with Crippen molar-refractivity contribution in [2.45, 2.75) is 39.3 Å². The smallest absolute Gasteiger partial charge is 0.239 e. The van der Waals surface area contributed by atoms with Gasteiger partial charge in [-0.1, -0.05) is 30.3 Å². The molecule has 1 unspecified atom stereocenters. The molecule has 2 atom stereocenters. The molecule has 0 saturated carbocycles. The Morgan fingerprint density at radius 3 is 2.77 bits per heavy atom. The van der Waals surface area contributed by atoms with Crippen LogP contribution in [0.4, 0.5) is 0 Å². The Balaban J connectivity index is 1.88. The molecule has 0 spiro atoms. The van der Waals surface area contributed by atoms with E-state index in [1.807, 2.05) is 11.8 Å². The molecule has 122 valence electrons. The third-order valence-electron chi connectivity index (χ3n) is 4.41. The zero-order chi connectivity index (χ0) is 15.9. The number of benzene rings is 1. The number of amides is 1. The van der Waals surface area contributed by atoms with E-state index in [9.17, 15) is 4.79 Å². The number of likely N-dealkylation sites (N-methyl/N-ethyl adjacent to an activating group) is 1. The van der Waals surface area contributed by atoms with Crippen LogP contribution >= 0.6 is 0 Å². The maximum atomic E-state index is 12.1. The third-order valence-corrected chi connectivity index (χ3v) is 4.41. The molecule has 1 aromatic rings. The highest BCUT2D eigenvalue weighted by atomic mass is 16.2. The summed E-state index contributed by atoms with van der Waals surface area (Å²) in [5.41, 5.74) is 7.11. The van der Waals surface area contributed by atoms with Gasteiger partial charge in [0.05, 0.1) is 6.04 Å². The van der Waals surface area contributed by atoms with Crippen LogP contribution in [0.5, 0.6) is 0 Å². The number of rotatable bonds is 6. The molecule has 1 aliphatic heterocycles. The first-order valence-electron chi connectivity index (χ1n) is 8.40. The number of hydrogen-bond acceptors (Lipinski definition) is 3. The Morgan fingerprint density at radius 2 is 2.14 bits per heavy atom. The summed E-state index contributed by atoms with van der Waals surface area (Å²) in [6.45, 7) is 8.61. The molecule has 0 aromatic heterocycles. The van der Waals surface area contributed by atoms with E-state index in [1.54, 1.807) is 6.92 Å².